The Bertz CT molecular complexity index is 584. The van der Waals surface area contributed by atoms with Gasteiger partial charge in [0.05, 0.1) is 13.2 Å². The first-order valence-corrected chi connectivity index (χ1v) is 7.32. The molecule has 1 aromatic rings. The van der Waals surface area contributed by atoms with Crippen LogP contribution >= 0.6 is 12.2 Å². The van der Waals surface area contributed by atoms with Crippen LogP contribution in [0.3, 0.4) is 0 Å². The normalized spacial score (nSPS) is 22.9. The fourth-order valence-electron chi connectivity index (χ4n) is 2.49. The molecule has 0 spiro atoms. The lowest BCUT2D eigenvalue weighted by molar-refractivity contribution is -0.826. The molecule has 3 N–H and O–H groups in total. The zero-order valence-corrected chi connectivity index (χ0v) is 13.3. The Balaban J connectivity index is 0.000000593. The van der Waals surface area contributed by atoms with Crippen molar-refractivity contribution in [3.8, 4) is 0 Å². The summed E-state index contributed by atoms with van der Waals surface area (Å²) in [6, 6.07) is 2.00. The van der Waals surface area contributed by atoms with E-state index in [2.05, 4.69) is 18.0 Å². The van der Waals surface area contributed by atoms with E-state index in [0.29, 0.717) is 12.8 Å². The topological polar surface area (TPSA) is 95.6 Å². The average Bonchev–Trinajstić information content (AvgIpc) is 2.84. The van der Waals surface area contributed by atoms with Crippen molar-refractivity contribution in [2.75, 3.05) is 13.2 Å². The number of likely N-dealkylation sites (tertiary alicyclic amines) is 1. The maximum atomic E-state index is 13.7. The molecule has 0 bridgehead atoms. The van der Waals surface area contributed by atoms with E-state index in [1.54, 1.807) is 6.92 Å². The Morgan fingerprint density at radius 2 is 2.17 bits per heavy atom. The number of hydrogen-bond acceptors (Lipinski definition) is 4. The largest absolute Gasteiger partial charge is 0.622 e. The number of aliphatic hydroxyl groups excluding tert-OH is 1. The van der Waals surface area contributed by atoms with E-state index in [1.807, 2.05) is 0 Å². The highest BCUT2D eigenvalue weighted by atomic mass is 32.1. The number of amides is 1. The Hall–Kier alpha value is -1.84. The lowest BCUT2D eigenvalue weighted by Gasteiger charge is -2.39. The number of quaternary nitrogens is 1. The number of carbonyl (C=O) groups excluding carboxylic acids is 1. The van der Waals surface area contributed by atoms with Crippen LogP contribution in [0.15, 0.2) is 18.2 Å². The number of thiocarbonyl (C=S) groups is 1. The van der Waals surface area contributed by atoms with Gasteiger partial charge in [-0.15, -0.1) is 0 Å². The summed E-state index contributed by atoms with van der Waals surface area (Å²) in [5.74, 6) is -1.30. The number of rotatable bonds is 2. The molecule has 0 aromatic heterocycles. The molecule has 0 saturated carbocycles. The van der Waals surface area contributed by atoms with Crippen LogP contribution in [0.5, 0.6) is 0 Å². The maximum Gasteiger partial charge on any atom is 0.516 e. The standard InChI is InChI=1S/C13H15F2NO3.CH3NOS/c1-2-19-13(17)16(18)7-3-4-12(16)10-8-9(14)5-6-11(10)15;2-1(3)4/h5-6,8,12H,2-4,7H2,1H3;(H3,2,3,4). The number of carbonyl (C=O) groups is 1. The van der Waals surface area contributed by atoms with Crippen molar-refractivity contribution in [2.45, 2.75) is 25.8 Å². The number of hydrogen-bond donors (Lipinski definition) is 2. The molecule has 2 unspecified atom stereocenters. The Kier molecular flexibility index (Phi) is 6.79. The number of hydroxylamine groups is 3. The zero-order valence-electron chi connectivity index (χ0n) is 12.5. The Morgan fingerprint density at radius 3 is 2.74 bits per heavy atom. The SMILES string of the molecule is CCOC(=O)[N+]1([O-])CCCC1c1cc(F)ccc1F.NC(O)=S. The number of ether oxygens (including phenoxy) is 1. The van der Waals surface area contributed by atoms with Crippen molar-refractivity contribution in [1.29, 1.82) is 0 Å². The van der Waals surface area contributed by atoms with Gasteiger partial charge in [0.15, 0.2) is 0 Å². The lowest BCUT2D eigenvalue weighted by Crippen LogP contribution is -2.47. The molecule has 1 saturated heterocycles. The van der Waals surface area contributed by atoms with Gasteiger partial charge >= 0.3 is 6.09 Å². The van der Waals surface area contributed by atoms with Crippen LogP contribution in [-0.4, -0.2) is 34.2 Å². The second-order valence-electron chi connectivity index (χ2n) is 4.88. The summed E-state index contributed by atoms with van der Waals surface area (Å²) in [5, 5.41) is 19.6. The first-order valence-electron chi connectivity index (χ1n) is 6.91. The van der Waals surface area contributed by atoms with Gasteiger partial charge in [0.1, 0.15) is 17.7 Å². The highest BCUT2D eigenvalue weighted by Crippen LogP contribution is 2.40. The first-order chi connectivity index (χ1) is 10.7. The molecular weight excluding hydrogens is 330 g/mol. The van der Waals surface area contributed by atoms with Gasteiger partial charge in [0, 0.05) is 18.4 Å². The average molecular weight is 348 g/mol. The summed E-state index contributed by atoms with van der Waals surface area (Å²) in [7, 11) is 0. The van der Waals surface area contributed by atoms with E-state index in [-0.39, 0.29) is 18.7 Å². The molecule has 1 amide bonds. The molecule has 1 aliphatic rings. The number of nitrogens with zero attached hydrogens (tertiary/aromatic N) is 1. The highest BCUT2D eigenvalue weighted by Gasteiger charge is 2.44. The van der Waals surface area contributed by atoms with Gasteiger partial charge in [0.25, 0.3) is 5.17 Å². The molecule has 128 valence electrons. The molecule has 0 radical (unpaired) electrons. The summed E-state index contributed by atoms with van der Waals surface area (Å²) < 4.78 is 30.4. The maximum absolute atomic E-state index is 13.7. The molecule has 1 heterocycles. The van der Waals surface area contributed by atoms with Gasteiger partial charge in [-0.05, 0) is 37.3 Å². The highest BCUT2D eigenvalue weighted by molar-refractivity contribution is 7.79. The lowest BCUT2D eigenvalue weighted by atomic mass is 10.0. The second-order valence-corrected chi connectivity index (χ2v) is 5.30. The van der Waals surface area contributed by atoms with Crippen molar-refractivity contribution in [3.05, 3.63) is 40.6 Å². The van der Waals surface area contributed by atoms with Crippen molar-refractivity contribution in [2.24, 2.45) is 5.73 Å². The van der Waals surface area contributed by atoms with Gasteiger partial charge < -0.3 is 20.8 Å². The summed E-state index contributed by atoms with van der Waals surface area (Å²) in [6.45, 7) is 1.71. The molecule has 2 rings (SSSR count). The third-order valence-corrected chi connectivity index (χ3v) is 3.37. The van der Waals surface area contributed by atoms with Crippen LogP contribution in [0.2, 0.25) is 0 Å². The number of halogens is 2. The van der Waals surface area contributed by atoms with Crippen LogP contribution in [-0.2, 0) is 4.74 Å². The van der Waals surface area contributed by atoms with Gasteiger partial charge in [-0.3, -0.25) is 4.65 Å². The van der Waals surface area contributed by atoms with E-state index >= 15 is 0 Å². The van der Waals surface area contributed by atoms with Crippen molar-refractivity contribution < 1.29 is 28.1 Å². The smallest absolute Gasteiger partial charge is 0.516 e. The number of aliphatic hydroxyl groups is 1. The molecule has 2 atom stereocenters. The van der Waals surface area contributed by atoms with Crippen LogP contribution < -0.4 is 5.73 Å². The minimum absolute atomic E-state index is 0.0272. The molecule has 6 nitrogen and oxygen atoms in total. The fraction of sp³-hybridized carbons (Fsp3) is 0.429. The van der Waals surface area contributed by atoms with E-state index in [9.17, 15) is 18.8 Å². The Morgan fingerprint density at radius 1 is 1.57 bits per heavy atom. The van der Waals surface area contributed by atoms with Gasteiger partial charge in [0.2, 0.25) is 0 Å². The van der Waals surface area contributed by atoms with E-state index in [0.717, 1.165) is 18.2 Å². The Labute approximate surface area is 137 Å². The molecule has 1 aliphatic heterocycles. The number of benzene rings is 1. The molecule has 0 aliphatic carbocycles. The third-order valence-electron chi connectivity index (χ3n) is 3.37. The first kappa shape index (κ1) is 19.2. The molecular formula is C14H18F2N2O4S. The van der Waals surface area contributed by atoms with Crippen LogP contribution in [0, 0.1) is 16.8 Å². The van der Waals surface area contributed by atoms with Crippen molar-refractivity contribution in [1.82, 2.24) is 0 Å². The van der Waals surface area contributed by atoms with Crippen LogP contribution in [0.4, 0.5) is 13.6 Å². The monoisotopic (exact) mass is 348 g/mol. The second kappa shape index (κ2) is 8.14. The minimum Gasteiger partial charge on any atom is -0.622 e. The van der Waals surface area contributed by atoms with E-state index < -0.39 is 33.6 Å². The minimum atomic E-state index is -1.27. The predicted molar refractivity (Wildman–Crippen MR) is 83.3 cm³/mol. The summed E-state index contributed by atoms with van der Waals surface area (Å²) in [4.78, 5) is 11.8. The number of nitrogens with two attached hydrogens (primary N) is 1. The van der Waals surface area contributed by atoms with Crippen molar-refractivity contribution in [3.63, 3.8) is 0 Å². The fourth-order valence-corrected chi connectivity index (χ4v) is 2.49. The van der Waals surface area contributed by atoms with Gasteiger partial charge in [-0.25, -0.2) is 8.78 Å². The molecule has 9 heteroatoms. The van der Waals surface area contributed by atoms with Crippen LogP contribution in [0.1, 0.15) is 31.4 Å². The molecule has 23 heavy (non-hydrogen) atoms. The summed E-state index contributed by atoms with van der Waals surface area (Å²) in [5.41, 5.74) is 4.34. The van der Waals surface area contributed by atoms with E-state index in [4.69, 9.17) is 9.84 Å². The summed E-state index contributed by atoms with van der Waals surface area (Å²) in [6.07, 6.45) is -0.125. The summed E-state index contributed by atoms with van der Waals surface area (Å²) >= 11 is 3.87. The zero-order chi connectivity index (χ0) is 17.6. The van der Waals surface area contributed by atoms with Gasteiger partial charge in [-0.2, -0.15) is 4.79 Å². The van der Waals surface area contributed by atoms with Crippen LogP contribution in [0.25, 0.3) is 0 Å². The van der Waals surface area contributed by atoms with E-state index in [1.165, 1.54) is 0 Å². The molecule has 1 aromatic carbocycles. The quantitative estimate of drug-likeness (QED) is 0.484. The van der Waals surface area contributed by atoms with Crippen molar-refractivity contribution >= 4 is 23.5 Å². The molecule has 1 fully saturated rings. The third kappa shape index (κ3) is 4.81. The predicted octanol–water partition coefficient (Wildman–Crippen LogP) is 3.06. The van der Waals surface area contributed by atoms with Gasteiger partial charge in [-0.1, -0.05) is 0 Å².